The van der Waals surface area contributed by atoms with Gasteiger partial charge in [0.05, 0.1) is 4.92 Å². The van der Waals surface area contributed by atoms with Crippen molar-refractivity contribution >= 4 is 23.2 Å². The summed E-state index contributed by atoms with van der Waals surface area (Å²) in [6.07, 6.45) is 0. The summed E-state index contributed by atoms with van der Waals surface area (Å²) in [4.78, 5) is 47.1. The maximum absolute atomic E-state index is 12.7. The zero-order chi connectivity index (χ0) is 22.0. The van der Waals surface area contributed by atoms with Crippen molar-refractivity contribution in [3.05, 3.63) is 91.4 Å². The largest absolute Gasteiger partial charge is 0.366 e. The molecule has 1 aromatic heterocycles. The Hall–Kier alpha value is -4.34. The summed E-state index contributed by atoms with van der Waals surface area (Å²) >= 11 is 0. The Bertz CT molecular complexity index is 1250. The zero-order valence-corrected chi connectivity index (χ0v) is 16.1. The molecule has 0 spiro atoms. The number of hydrogen-bond donors (Lipinski definition) is 2. The fraction of sp³-hybridized carbons (Fsp3) is 0.100. The van der Waals surface area contributed by atoms with Crippen LogP contribution < -0.4 is 16.5 Å². The van der Waals surface area contributed by atoms with Gasteiger partial charge in [-0.15, -0.1) is 0 Å². The second-order valence-corrected chi connectivity index (χ2v) is 6.50. The van der Waals surface area contributed by atoms with Crippen molar-refractivity contribution < 1.29 is 14.5 Å². The van der Waals surface area contributed by atoms with E-state index in [2.05, 4.69) is 10.4 Å². The predicted molar refractivity (Wildman–Crippen MR) is 109 cm³/mol. The minimum atomic E-state index is -0.790. The van der Waals surface area contributed by atoms with E-state index in [1.54, 1.807) is 19.9 Å². The number of nitro benzene ring substituents is 1. The minimum absolute atomic E-state index is 0.121. The highest BCUT2D eigenvalue weighted by molar-refractivity contribution is 6.03. The highest BCUT2D eigenvalue weighted by Gasteiger charge is 2.20. The van der Waals surface area contributed by atoms with E-state index in [9.17, 15) is 24.5 Å². The van der Waals surface area contributed by atoms with Crippen molar-refractivity contribution in [3.8, 4) is 5.69 Å². The number of rotatable bonds is 5. The molecule has 10 heteroatoms. The third-order valence-corrected chi connectivity index (χ3v) is 4.39. The standard InChI is InChI=1S/C20H17N5O5/c1-11-9-13(19(21)27)7-8-14(11)22-20(28)18-17(26)10-12(2)24(23-18)15-5-3-4-6-16(15)25(29)30/h3-10H,1-2H3,(H2,21,27)(H,22,28). The first kappa shape index (κ1) is 20.4. The number of primary amides is 1. The maximum Gasteiger partial charge on any atom is 0.294 e. The fourth-order valence-corrected chi connectivity index (χ4v) is 2.88. The van der Waals surface area contributed by atoms with E-state index in [1.807, 2.05) is 0 Å². The number of anilines is 1. The topological polar surface area (TPSA) is 150 Å². The fourth-order valence-electron chi connectivity index (χ4n) is 2.88. The molecule has 0 aliphatic carbocycles. The van der Waals surface area contributed by atoms with Crippen molar-refractivity contribution in [2.75, 3.05) is 5.32 Å². The molecule has 0 radical (unpaired) electrons. The Balaban J connectivity index is 2.03. The number of nitro groups is 1. The number of nitrogens with one attached hydrogen (secondary N) is 1. The van der Waals surface area contributed by atoms with Gasteiger partial charge >= 0.3 is 0 Å². The molecule has 2 aromatic carbocycles. The lowest BCUT2D eigenvalue weighted by Gasteiger charge is -2.12. The number of benzene rings is 2. The lowest BCUT2D eigenvalue weighted by atomic mass is 10.1. The SMILES string of the molecule is Cc1cc(C(N)=O)ccc1NC(=O)c1nn(-c2ccccc2[N+](=O)[O-])c(C)cc1=O. The van der Waals surface area contributed by atoms with Crippen LogP contribution in [0.3, 0.4) is 0 Å². The molecule has 0 fully saturated rings. The van der Waals surface area contributed by atoms with Crippen LogP contribution in [0.15, 0.2) is 53.3 Å². The van der Waals surface area contributed by atoms with Gasteiger partial charge in [0, 0.05) is 29.1 Å². The molecular formula is C20H17N5O5. The Morgan fingerprint density at radius 3 is 2.47 bits per heavy atom. The van der Waals surface area contributed by atoms with Crippen molar-refractivity contribution in [1.29, 1.82) is 0 Å². The molecule has 3 aromatic rings. The summed E-state index contributed by atoms with van der Waals surface area (Å²) in [7, 11) is 0. The number of nitrogens with zero attached hydrogens (tertiary/aromatic N) is 3. The first-order chi connectivity index (χ1) is 14.2. The normalized spacial score (nSPS) is 10.5. The second-order valence-electron chi connectivity index (χ2n) is 6.50. The maximum atomic E-state index is 12.7. The van der Waals surface area contributed by atoms with Gasteiger partial charge < -0.3 is 11.1 Å². The molecular weight excluding hydrogens is 390 g/mol. The van der Waals surface area contributed by atoms with E-state index in [4.69, 9.17) is 5.73 Å². The summed E-state index contributed by atoms with van der Waals surface area (Å²) < 4.78 is 1.18. The molecule has 0 atom stereocenters. The van der Waals surface area contributed by atoms with Gasteiger partial charge in [0.1, 0.15) is 5.69 Å². The lowest BCUT2D eigenvalue weighted by molar-refractivity contribution is -0.384. The van der Waals surface area contributed by atoms with Gasteiger partial charge in [-0.1, -0.05) is 12.1 Å². The quantitative estimate of drug-likeness (QED) is 0.488. The Labute approximate surface area is 170 Å². The third kappa shape index (κ3) is 3.92. The van der Waals surface area contributed by atoms with Crippen LogP contribution in [0.1, 0.15) is 32.1 Å². The molecule has 3 N–H and O–H groups in total. The predicted octanol–water partition coefficient (Wildman–Crippen LogP) is 2.11. The smallest absolute Gasteiger partial charge is 0.294 e. The van der Waals surface area contributed by atoms with E-state index >= 15 is 0 Å². The summed E-state index contributed by atoms with van der Waals surface area (Å²) in [5.41, 5.74) is 5.60. The molecule has 0 saturated carbocycles. The van der Waals surface area contributed by atoms with Crippen LogP contribution in [0.25, 0.3) is 5.69 Å². The Morgan fingerprint density at radius 2 is 1.83 bits per heavy atom. The Kier molecular flexibility index (Phi) is 5.41. The molecule has 0 unspecified atom stereocenters. The number of nitrogens with two attached hydrogens (primary N) is 1. The van der Waals surface area contributed by atoms with Crippen LogP contribution in [0.2, 0.25) is 0 Å². The average molecular weight is 407 g/mol. The molecule has 0 bridgehead atoms. The molecule has 0 aliphatic rings. The number of carbonyl (C=O) groups excluding carboxylic acids is 2. The van der Waals surface area contributed by atoms with Gasteiger partial charge in [-0.2, -0.15) is 5.10 Å². The average Bonchev–Trinajstić information content (AvgIpc) is 2.69. The Morgan fingerprint density at radius 1 is 1.13 bits per heavy atom. The monoisotopic (exact) mass is 407 g/mol. The molecule has 30 heavy (non-hydrogen) atoms. The number of aromatic nitrogens is 2. The first-order valence-electron chi connectivity index (χ1n) is 8.75. The number of hydrogen-bond acceptors (Lipinski definition) is 6. The molecule has 152 valence electrons. The number of para-hydroxylation sites is 2. The molecule has 1 heterocycles. The van der Waals surface area contributed by atoms with E-state index in [0.717, 1.165) is 0 Å². The molecule has 0 saturated heterocycles. The van der Waals surface area contributed by atoms with E-state index in [1.165, 1.54) is 47.1 Å². The molecule has 0 aliphatic heterocycles. The van der Waals surface area contributed by atoms with Crippen LogP contribution in [0.5, 0.6) is 0 Å². The number of amides is 2. The highest BCUT2D eigenvalue weighted by atomic mass is 16.6. The van der Waals surface area contributed by atoms with Crippen LogP contribution in [0.4, 0.5) is 11.4 Å². The van der Waals surface area contributed by atoms with Gasteiger partial charge in [-0.3, -0.25) is 24.5 Å². The van der Waals surface area contributed by atoms with Gasteiger partial charge in [0.15, 0.2) is 5.69 Å². The van der Waals surface area contributed by atoms with Crippen LogP contribution in [-0.4, -0.2) is 26.5 Å². The van der Waals surface area contributed by atoms with E-state index in [-0.39, 0.29) is 16.9 Å². The summed E-state index contributed by atoms with van der Waals surface area (Å²) in [5.74, 6) is -1.40. The van der Waals surface area contributed by atoms with E-state index < -0.39 is 27.9 Å². The number of carbonyl (C=O) groups is 2. The van der Waals surface area contributed by atoms with Crippen molar-refractivity contribution in [3.63, 3.8) is 0 Å². The van der Waals surface area contributed by atoms with E-state index in [0.29, 0.717) is 16.9 Å². The third-order valence-electron chi connectivity index (χ3n) is 4.39. The van der Waals surface area contributed by atoms with Crippen LogP contribution >= 0.6 is 0 Å². The summed E-state index contributed by atoms with van der Waals surface area (Å²) in [6.45, 7) is 3.22. The minimum Gasteiger partial charge on any atom is -0.366 e. The van der Waals surface area contributed by atoms with Gasteiger partial charge in [-0.25, -0.2) is 4.68 Å². The first-order valence-corrected chi connectivity index (χ1v) is 8.75. The molecule has 3 rings (SSSR count). The van der Waals surface area contributed by atoms with Crippen LogP contribution in [-0.2, 0) is 0 Å². The van der Waals surface area contributed by atoms with Gasteiger partial charge in [0.25, 0.3) is 11.6 Å². The second kappa shape index (κ2) is 7.95. The summed E-state index contributed by atoms with van der Waals surface area (Å²) in [6, 6.07) is 11.5. The van der Waals surface area contributed by atoms with Crippen molar-refractivity contribution in [1.82, 2.24) is 9.78 Å². The number of aryl methyl sites for hydroxylation is 2. The van der Waals surface area contributed by atoms with Gasteiger partial charge in [-0.05, 0) is 43.7 Å². The highest BCUT2D eigenvalue weighted by Crippen LogP contribution is 2.22. The summed E-state index contributed by atoms with van der Waals surface area (Å²) in [5, 5.41) is 18.0. The van der Waals surface area contributed by atoms with Crippen molar-refractivity contribution in [2.24, 2.45) is 5.73 Å². The van der Waals surface area contributed by atoms with Crippen molar-refractivity contribution in [2.45, 2.75) is 13.8 Å². The van der Waals surface area contributed by atoms with Gasteiger partial charge in [0.2, 0.25) is 11.3 Å². The molecule has 10 nitrogen and oxygen atoms in total. The lowest BCUT2D eigenvalue weighted by Crippen LogP contribution is -2.27. The van der Waals surface area contributed by atoms with Crippen LogP contribution in [0, 0.1) is 24.0 Å². The zero-order valence-electron chi connectivity index (χ0n) is 16.1. The molecule has 2 amide bonds.